The monoisotopic (exact) mass is 387 g/mol. The summed E-state index contributed by atoms with van der Waals surface area (Å²) in [4.78, 5) is 43.5. The molecule has 0 unspecified atom stereocenters. The van der Waals surface area contributed by atoms with E-state index in [1.165, 1.54) is 12.3 Å². The number of hydrogen-bond acceptors (Lipinski definition) is 3. The molecular formula is C20H22ClN3O3. The lowest BCUT2D eigenvalue weighted by molar-refractivity contribution is -0.133. The lowest BCUT2D eigenvalue weighted by atomic mass is 10.1. The van der Waals surface area contributed by atoms with Gasteiger partial charge in [-0.25, -0.2) is 0 Å². The number of amides is 2. The second-order valence-corrected chi connectivity index (χ2v) is 7.07. The molecule has 1 aliphatic heterocycles. The van der Waals surface area contributed by atoms with E-state index in [9.17, 15) is 14.4 Å². The number of H-pyrrole nitrogens is 1. The third kappa shape index (κ3) is 4.39. The van der Waals surface area contributed by atoms with Gasteiger partial charge in [-0.2, -0.15) is 0 Å². The molecule has 2 amide bonds. The van der Waals surface area contributed by atoms with Gasteiger partial charge in [-0.3, -0.25) is 14.4 Å². The van der Waals surface area contributed by atoms with Crippen LogP contribution < -0.4 is 5.56 Å². The Morgan fingerprint density at radius 3 is 2.70 bits per heavy atom. The molecule has 1 aromatic heterocycles. The fourth-order valence-electron chi connectivity index (χ4n) is 3.34. The Hall–Kier alpha value is -2.60. The summed E-state index contributed by atoms with van der Waals surface area (Å²) < 4.78 is 0. The minimum Gasteiger partial charge on any atom is -0.336 e. The van der Waals surface area contributed by atoms with E-state index in [0.29, 0.717) is 24.5 Å². The Morgan fingerprint density at radius 2 is 2.00 bits per heavy atom. The molecule has 0 aliphatic carbocycles. The van der Waals surface area contributed by atoms with E-state index in [-0.39, 0.29) is 30.5 Å². The molecule has 7 heteroatoms. The molecule has 1 aliphatic rings. The van der Waals surface area contributed by atoms with Gasteiger partial charge in [-0.1, -0.05) is 48.9 Å². The van der Waals surface area contributed by atoms with Crippen LogP contribution in [0.15, 0.2) is 47.4 Å². The third-order valence-electron chi connectivity index (χ3n) is 4.84. The number of nitrogens with one attached hydrogen (secondary N) is 1. The van der Waals surface area contributed by atoms with Crippen molar-refractivity contribution >= 4 is 23.4 Å². The van der Waals surface area contributed by atoms with E-state index in [2.05, 4.69) is 4.98 Å². The number of nitrogens with zero attached hydrogens (tertiary/aromatic N) is 2. The average Bonchev–Trinajstić information content (AvgIpc) is 2.83. The maximum Gasteiger partial charge on any atom is 0.260 e. The molecule has 1 N–H and O–H groups in total. The highest BCUT2D eigenvalue weighted by atomic mass is 35.5. The lowest BCUT2D eigenvalue weighted by Crippen LogP contribution is -2.44. The lowest BCUT2D eigenvalue weighted by Gasteiger charge is -2.31. The van der Waals surface area contributed by atoms with Gasteiger partial charge in [0.2, 0.25) is 5.91 Å². The summed E-state index contributed by atoms with van der Waals surface area (Å²) >= 11 is 5.92. The van der Waals surface area contributed by atoms with Crippen LogP contribution >= 0.6 is 11.6 Å². The molecule has 3 rings (SSSR count). The minimum absolute atomic E-state index is 0.00121. The fraction of sp³-hybridized carbons (Fsp3) is 0.350. The number of halogens is 1. The maximum atomic E-state index is 12.9. The molecule has 1 aromatic carbocycles. The first-order chi connectivity index (χ1) is 13.0. The van der Waals surface area contributed by atoms with Gasteiger partial charge >= 0.3 is 0 Å². The Bertz CT molecular complexity index is 882. The van der Waals surface area contributed by atoms with Crippen LogP contribution in [0.25, 0.3) is 0 Å². The van der Waals surface area contributed by atoms with Gasteiger partial charge in [0.15, 0.2) is 0 Å². The highest BCUT2D eigenvalue weighted by Crippen LogP contribution is 2.19. The number of rotatable bonds is 4. The molecule has 0 saturated carbocycles. The van der Waals surface area contributed by atoms with Crippen molar-refractivity contribution in [2.45, 2.75) is 32.4 Å². The first kappa shape index (κ1) is 19.2. The van der Waals surface area contributed by atoms with Crippen molar-refractivity contribution < 1.29 is 9.59 Å². The number of benzene rings is 1. The first-order valence-electron chi connectivity index (χ1n) is 9.00. The SMILES string of the molecule is CC[C@H]1CN(C(=O)c2cc(Cl)c[nH]c2=O)CCC(=O)N1Cc1ccccc1. The summed E-state index contributed by atoms with van der Waals surface area (Å²) in [5.41, 5.74) is 0.575. The molecule has 2 heterocycles. The van der Waals surface area contributed by atoms with Gasteiger partial charge in [0.25, 0.3) is 11.5 Å². The van der Waals surface area contributed by atoms with E-state index in [1.54, 1.807) is 4.90 Å². The van der Waals surface area contributed by atoms with E-state index < -0.39 is 11.5 Å². The molecule has 142 valence electrons. The molecule has 2 aromatic rings. The molecule has 0 spiro atoms. The number of aromatic nitrogens is 1. The Morgan fingerprint density at radius 1 is 1.26 bits per heavy atom. The van der Waals surface area contributed by atoms with Crippen molar-refractivity contribution in [3.8, 4) is 0 Å². The zero-order valence-electron chi connectivity index (χ0n) is 15.2. The van der Waals surface area contributed by atoms with Crippen molar-refractivity contribution in [3.05, 3.63) is 69.1 Å². The van der Waals surface area contributed by atoms with E-state index in [4.69, 9.17) is 11.6 Å². The Labute approximate surface area is 162 Å². The summed E-state index contributed by atoms with van der Waals surface area (Å²) in [6.07, 6.45) is 2.30. The fourth-order valence-corrected chi connectivity index (χ4v) is 3.50. The Balaban J connectivity index is 1.83. The molecule has 0 bridgehead atoms. The first-order valence-corrected chi connectivity index (χ1v) is 9.38. The number of carbonyl (C=O) groups is 2. The van der Waals surface area contributed by atoms with Gasteiger partial charge in [0.1, 0.15) is 5.56 Å². The van der Waals surface area contributed by atoms with Crippen molar-refractivity contribution in [2.75, 3.05) is 13.1 Å². The second kappa shape index (κ2) is 8.39. The zero-order chi connectivity index (χ0) is 19.4. The molecule has 1 saturated heterocycles. The van der Waals surface area contributed by atoms with Crippen LogP contribution in [0, 0.1) is 0 Å². The van der Waals surface area contributed by atoms with Crippen LogP contribution in [0.2, 0.25) is 5.02 Å². The van der Waals surface area contributed by atoms with Crippen LogP contribution in [0.3, 0.4) is 0 Å². The highest BCUT2D eigenvalue weighted by Gasteiger charge is 2.31. The molecule has 0 radical (unpaired) electrons. The summed E-state index contributed by atoms with van der Waals surface area (Å²) in [6, 6.07) is 11.1. The zero-order valence-corrected chi connectivity index (χ0v) is 15.9. The van der Waals surface area contributed by atoms with E-state index in [0.717, 1.165) is 5.56 Å². The smallest absolute Gasteiger partial charge is 0.260 e. The predicted molar refractivity (Wildman–Crippen MR) is 104 cm³/mol. The van der Waals surface area contributed by atoms with Crippen LogP contribution in [0.4, 0.5) is 0 Å². The van der Waals surface area contributed by atoms with Gasteiger partial charge in [-0.15, -0.1) is 0 Å². The molecule has 6 nitrogen and oxygen atoms in total. The molecule has 27 heavy (non-hydrogen) atoms. The predicted octanol–water partition coefficient (Wildman–Crippen LogP) is 2.68. The summed E-state index contributed by atoms with van der Waals surface area (Å²) in [5.74, 6) is -0.382. The van der Waals surface area contributed by atoms with Gasteiger partial charge in [-0.05, 0) is 18.1 Å². The summed E-state index contributed by atoms with van der Waals surface area (Å²) in [6.45, 7) is 3.18. The summed E-state index contributed by atoms with van der Waals surface area (Å²) in [5, 5.41) is 0.293. The van der Waals surface area contributed by atoms with Gasteiger partial charge in [0.05, 0.1) is 5.02 Å². The van der Waals surface area contributed by atoms with Crippen LogP contribution in [-0.2, 0) is 11.3 Å². The second-order valence-electron chi connectivity index (χ2n) is 6.63. The average molecular weight is 388 g/mol. The topological polar surface area (TPSA) is 73.5 Å². The number of pyridine rings is 1. The quantitative estimate of drug-likeness (QED) is 0.876. The molecule has 1 atom stereocenters. The largest absolute Gasteiger partial charge is 0.336 e. The van der Waals surface area contributed by atoms with Crippen molar-refractivity contribution in [1.82, 2.24) is 14.8 Å². The number of hydrogen-bond donors (Lipinski definition) is 1. The summed E-state index contributed by atoms with van der Waals surface area (Å²) in [7, 11) is 0. The van der Waals surface area contributed by atoms with Gasteiger partial charge in [0, 0.05) is 38.3 Å². The van der Waals surface area contributed by atoms with Crippen molar-refractivity contribution in [1.29, 1.82) is 0 Å². The minimum atomic E-state index is -0.478. The van der Waals surface area contributed by atoms with Crippen molar-refractivity contribution in [2.24, 2.45) is 0 Å². The molecule has 1 fully saturated rings. The van der Waals surface area contributed by atoms with Crippen LogP contribution in [0.1, 0.15) is 35.7 Å². The van der Waals surface area contributed by atoms with Crippen LogP contribution in [-0.4, -0.2) is 45.7 Å². The third-order valence-corrected chi connectivity index (χ3v) is 5.06. The standard InChI is InChI=1S/C20H22ClN3O3/c1-2-16-13-23(20(27)17-10-15(21)11-22-19(17)26)9-8-18(25)24(16)12-14-6-4-3-5-7-14/h3-7,10-11,16H,2,8-9,12-13H2,1H3,(H,22,26)/t16-/m0/s1. The Kier molecular flexibility index (Phi) is 5.96. The van der Waals surface area contributed by atoms with E-state index >= 15 is 0 Å². The highest BCUT2D eigenvalue weighted by molar-refractivity contribution is 6.30. The number of carbonyl (C=O) groups excluding carboxylic acids is 2. The number of aromatic amines is 1. The molecular weight excluding hydrogens is 366 g/mol. The van der Waals surface area contributed by atoms with E-state index in [1.807, 2.05) is 42.2 Å². The maximum absolute atomic E-state index is 12.9. The van der Waals surface area contributed by atoms with Crippen LogP contribution in [0.5, 0.6) is 0 Å². The van der Waals surface area contributed by atoms with Gasteiger partial charge < -0.3 is 14.8 Å². The normalized spacial score (nSPS) is 17.7. The van der Waals surface area contributed by atoms with Crippen molar-refractivity contribution in [3.63, 3.8) is 0 Å².